The summed E-state index contributed by atoms with van der Waals surface area (Å²) in [6.07, 6.45) is 2.85. The van der Waals surface area contributed by atoms with Crippen molar-refractivity contribution in [3.8, 4) is 11.1 Å². The second-order valence-corrected chi connectivity index (χ2v) is 5.67. The van der Waals surface area contributed by atoms with E-state index in [-0.39, 0.29) is 12.4 Å². The van der Waals surface area contributed by atoms with Crippen molar-refractivity contribution in [1.82, 2.24) is 0 Å². The lowest BCUT2D eigenvalue weighted by Crippen LogP contribution is -1.98. The van der Waals surface area contributed by atoms with Crippen molar-refractivity contribution in [1.29, 1.82) is 0 Å². The van der Waals surface area contributed by atoms with Gasteiger partial charge >= 0.3 is 0 Å². The molecule has 2 aromatic carbocycles. The maximum atomic E-state index is 13.2. The quantitative estimate of drug-likeness (QED) is 0.745. The first-order valence-electron chi connectivity index (χ1n) is 7.77. The Hall–Kier alpha value is -1.71. The van der Waals surface area contributed by atoms with E-state index in [1.54, 1.807) is 6.07 Å². The van der Waals surface area contributed by atoms with Crippen molar-refractivity contribution < 1.29 is 14.6 Å². The first kappa shape index (κ1) is 16.7. The molecule has 2 N–H and O–H groups in total. The number of benzene rings is 2. The number of unbranched alkanes of at least 4 members (excludes halogenated alkanes) is 2. The van der Waals surface area contributed by atoms with Gasteiger partial charge in [0.2, 0.25) is 0 Å². The Morgan fingerprint density at radius 3 is 2.36 bits per heavy atom. The van der Waals surface area contributed by atoms with Gasteiger partial charge in [-0.2, -0.15) is 0 Å². The monoisotopic (exact) mass is 302 g/mol. The summed E-state index contributed by atoms with van der Waals surface area (Å²) in [6, 6.07) is 12.6. The smallest absolute Gasteiger partial charge is 0.123 e. The molecule has 2 aromatic rings. The third kappa shape index (κ3) is 4.39. The highest BCUT2D eigenvalue weighted by Gasteiger charge is 2.08. The maximum Gasteiger partial charge on any atom is 0.123 e. The van der Waals surface area contributed by atoms with Gasteiger partial charge in [-0.25, -0.2) is 4.39 Å². The molecule has 0 amide bonds. The van der Waals surface area contributed by atoms with E-state index in [0.717, 1.165) is 41.5 Å². The second-order valence-electron chi connectivity index (χ2n) is 5.67. The highest BCUT2D eigenvalue weighted by molar-refractivity contribution is 5.67. The van der Waals surface area contributed by atoms with Crippen LogP contribution in [0, 0.1) is 12.7 Å². The minimum atomic E-state index is -0.470. The molecule has 1 atom stereocenters. The van der Waals surface area contributed by atoms with Gasteiger partial charge in [-0.05, 0) is 54.2 Å². The molecule has 118 valence electrons. The Morgan fingerprint density at radius 1 is 1.00 bits per heavy atom. The summed E-state index contributed by atoms with van der Waals surface area (Å²) in [5.74, 6) is -0.226. The molecular weight excluding hydrogens is 279 g/mol. The number of aliphatic hydroxyl groups is 2. The van der Waals surface area contributed by atoms with Crippen molar-refractivity contribution in [2.24, 2.45) is 0 Å². The molecule has 2 rings (SSSR count). The van der Waals surface area contributed by atoms with E-state index in [1.165, 1.54) is 12.1 Å². The Labute approximate surface area is 131 Å². The van der Waals surface area contributed by atoms with Crippen LogP contribution in [-0.4, -0.2) is 16.8 Å². The van der Waals surface area contributed by atoms with E-state index in [0.29, 0.717) is 6.42 Å². The van der Waals surface area contributed by atoms with Gasteiger partial charge in [0.25, 0.3) is 0 Å². The normalized spacial score (nSPS) is 12.4. The van der Waals surface area contributed by atoms with Crippen LogP contribution in [0.15, 0.2) is 42.5 Å². The average Bonchev–Trinajstić information content (AvgIpc) is 2.52. The lowest BCUT2D eigenvalue weighted by atomic mass is 9.97. The minimum Gasteiger partial charge on any atom is -0.396 e. The van der Waals surface area contributed by atoms with Crippen molar-refractivity contribution in [3.05, 3.63) is 59.4 Å². The molecule has 0 spiro atoms. The van der Waals surface area contributed by atoms with Gasteiger partial charge in [-0.3, -0.25) is 0 Å². The van der Waals surface area contributed by atoms with Crippen LogP contribution in [0.3, 0.4) is 0 Å². The van der Waals surface area contributed by atoms with Crippen LogP contribution in [0.25, 0.3) is 11.1 Å². The fourth-order valence-corrected chi connectivity index (χ4v) is 2.63. The summed E-state index contributed by atoms with van der Waals surface area (Å²) < 4.78 is 13.2. The number of rotatable bonds is 7. The van der Waals surface area contributed by atoms with Crippen molar-refractivity contribution >= 4 is 0 Å². The first-order chi connectivity index (χ1) is 10.6. The molecular formula is C19H23FO2. The molecule has 0 radical (unpaired) electrons. The lowest BCUT2D eigenvalue weighted by molar-refractivity contribution is 0.162. The Balaban J connectivity index is 2.03. The van der Waals surface area contributed by atoms with E-state index >= 15 is 0 Å². The molecule has 1 unspecified atom stereocenters. The summed E-state index contributed by atoms with van der Waals surface area (Å²) in [5.41, 5.74) is 3.82. The zero-order chi connectivity index (χ0) is 15.9. The number of aryl methyl sites for hydroxylation is 1. The van der Waals surface area contributed by atoms with Gasteiger partial charge in [-0.1, -0.05) is 43.2 Å². The molecule has 0 aromatic heterocycles. The Bertz CT molecular complexity index is 593. The largest absolute Gasteiger partial charge is 0.396 e. The molecule has 0 aliphatic carbocycles. The van der Waals surface area contributed by atoms with Gasteiger partial charge in [0.1, 0.15) is 5.82 Å². The maximum absolute atomic E-state index is 13.2. The summed E-state index contributed by atoms with van der Waals surface area (Å²) in [5, 5.41) is 18.9. The van der Waals surface area contributed by atoms with Gasteiger partial charge in [0.05, 0.1) is 6.10 Å². The van der Waals surface area contributed by atoms with Crippen molar-refractivity contribution in [2.75, 3.05) is 6.61 Å². The fraction of sp³-hybridized carbons (Fsp3) is 0.368. The fourth-order valence-electron chi connectivity index (χ4n) is 2.63. The van der Waals surface area contributed by atoms with Crippen LogP contribution in [-0.2, 0) is 0 Å². The second kappa shape index (κ2) is 8.06. The molecule has 0 heterocycles. The van der Waals surface area contributed by atoms with E-state index in [9.17, 15) is 9.50 Å². The molecule has 0 saturated carbocycles. The topological polar surface area (TPSA) is 40.5 Å². The summed E-state index contributed by atoms with van der Waals surface area (Å²) in [7, 11) is 0. The van der Waals surface area contributed by atoms with Crippen LogP contribution in [0.4, 0.5) is 4.39 Å². The van der Waals surface area contributed by atoms with Crippen LogP contribution in [0.1, 0.15) is 42.9 Å². The van der Waals surface area contributed by atoms with Gasteiger partial charge in [0, 0.05) is 6.61 Å². The highest BCUT2D eigenvalue weighted by Crippen LogP contribution is 2.27. The SMILES string of the molecule is Cc1cc(F)ccc1-c1ccc(C(O)CCCCCO)cc1. The number of aliphatic hydroxyl groups excluding tert-OH is 2. The molecule has 0 saturated heterocycles. The lowest BCUT2D eigenvalue weighted by Gasteiger charge is -2.12. The summed E-state index contributed by atoms with van der Waals surface area (Å²) in [6.45, 7) is 2.10. The summed E-state index contributed by atoms with van der Waals surface area (Å²) in [4.78, 5) is 0. The van der Waals surface area contributed by atoms with Crippen molar-refractivity contribution in [3.63, 3.8) is 0 Å². The number of halogens is 1. The van der Waals surface area contributed by atoms with Gasteiger partial charge < -0.3 is 10.2 Å². The zero-order valence-corrected chi connectivity index (χ0v) is 12.9. The Kier molecular flexibility index (Phi) is 6.10. The molecule has 0 fully saturated rings. The van der Waals surface area contributed by atoms with Crippen LogP contribution < -0.4 is 0 Å². The zero-order valence-electron chi connectivity index (χ0n) is 12.9. The molecule has 0 aliphatic heterocycles. The summed E-state index contributed by atoms with van der Waals surface area (Å²) >= 11 is 0. The van der Waals surface area contributed by atoms with Crippen LogP contribution in [0.2, 0.25) is 0 Å². The standard InChI is InChI=1S/C19H23FO2/c1-14-13-17(20)10-11-18(14)15-6-8-16(9-7-15)19(22)5-3-2-4-12-21/h6-11,13,19,21-22H,2-5,12H2,1H3. The minimum absolute atomic E-state index is 0.210. The molecule has 0 aliphatic rings. The highest BCUT2D eigenvalue weighted by atomic mass is 19.1. The molecule has 3 heteroatoms. The van der Waals surface area contributed by atoms with Gasteiger partial charge in [0.15, 0.2) is 0 Å². The Morgan fingerprint density at radius 2 is 1.73 bits per heavy atom. The molecule has 22 heavy (non-hydrogen) atoms. The average molecular weight is 302 g/mol. The van der Waals surface area contributed by atoms with E-state index in [2.05, 4.69) is 0 Å². The van der Waals surface area contributed by atoms with Gasteiger partial charge in [-0.15, -0.1) is 0 Å². The van der Waals surface area contributed by atoms with Crippen LogP contribution in [0.5, 0.6) is 0 Å². The van der Waals surface area contributed by atoms with Crippen LogP contribution >= 0.6 is 0 Å². The third-order valence-electron chi connectivity index (χ3n) is 3.93. The third-order valence-corrected chi connectivity index (χ3v) is 3.93. The predicted octanol–water partition coefficient (Wildman–Crippen LogP) is 4.39. The van der Waals surface area contributed by atoms with E-state index in [4.69, 9.17) is 5.11 Å². The number of hydrogen-bond acceptors (Lipinski definition) is 2. The molecule has 2 nitrogen and oxygen atoms in total. The predicted molar refractivity (Wildman–Crippen MR) is 87.1 cm³/mol. The first-order valence-corrected chi connectivity index (χ1v) is 7.77. The molecule has 0 bridgehead atoms. The number of hydrogen-bond donors (Lipinski definition) is 2. The van der Waals surface area contributed by atoms with E-state index < -0.39 is 6.10 Å². The van der Waals surface area contributed by atoms with Crippen molar-refractivity contribution in [2.45, 2.75) is 38.7 Å². The van der Waals surface area contributed by atoms with E-state index in [1.807, 2.05) is 31.2 Å².